The molecule has 0 aliphatic carbocycles. The fourth-order valence-corrected chi connectivity index (χ4v) is 2.33. The molecule has 4 nitrogen and oxygen atoms in total. The second-order valence-corrected chi connectivity index (χ2v) is 4.63. The van der Waals surface area contributed by atoms with Gasteiger partial charge in [0.05, 0.1) is 5.52 Å². The number of carboxylic acid groups (broad SMARTS) is 1. The summed E-state index contributed by atoms with van der Waals surface area (Å²) in [4.78, 5) is 23.5. The number of nitrogens with zero attached hydrogens (tertiary/aromatic N) is 1. The second-order valence-electron chi connectivity index (χ2n) is 4.63. The van der Waals surface area contributed by atoms with Crippen molar-refractivity contribution in [3.8, 4) is 0 Å². The number of carbonyl (C=O) groups is 1. The van der Waals surface area contributed by atoms with Gasteiger partial charge in [0.15, 0.2) is 0 Å². The van der Waals surface area contributed by atoms with Gasteiger partial charge in [-0.05, 0) is 17.5 Å². The summed E-state index contributed by atoms with van der Waals surface area (Å²) in [6.45, 7) is 3.79. The summed E-state index contributed by atoms with van der Waals surface area (Å²) in [6.07, 6.45) is 0. The third-order valence-corrected chi connectivity index (χ3v) is 3.13. The Balaban J connectivity index is 3.08. The number of aryl methyl sites for hydroxylation is 1. The fourth-order valence-electron chi connectivity index (χ4n) is 2.33. The van der Waals surface area contributed by atoms with Crippen LogP contribution in [0.5, 0.6) is 0 Å². The van der Waals surface area contributed by atoms with E-state index in [-0.39, 0.29) is 11.5 Å². The van der Waals surface area contributed by atoms with E-state index in [4.69, 9.17) is 0 Å². The Morgan fingerprint density at radius 2 is 1.89 bits per heavy atom. The molecular formula is C14H15NO3. The van der Waals surface area contributed by atoms with Gasteiger partial charge in [-0.3, -0.25) is 4.79 Å². The van der Waals surface area contributed by atoms with E-state index in [0.717, 1.165) is 10.9 Å². The van der Waals surface area contributed by atoms with Gasteiger partial charge in [0, 0.05) is 12.4 Å². The van der Waals surface area contributed by atoms with Gasteiger partial charge in [0.2, 0.25) is 0 Å². The summed E-state index contributed by atoms with van der Waals surface area (Å²) in [5.41, 5.74) is 0.800. The molecule has 18 heavy (non-hydrogen) atoms. The standard InChI is InChI=1S/C14H15NO3/c1-8(2)11-9-6-4-5-7-10(9)15(3)13(16)12(11)14(17)18/h4-8H,1-3H3,(H,17,18). The first-order valence-corrected chi connectivity index (χ1v) is 5.80. The first kappa shape index (κ1) is 12.4. The Morgan fingerprint density at radius 1 is 1.28 bits per heavy atom. The van der Waals surface area contributed by atoms with E-state index in [1.165, 1.54) is 4.57 Å². The summed E-state index contributed by atoms with van der Waals surface area (Å²) >= 11 is 0. The minimum Gasteiger partial charge on any atom is -0.477 e. The molecule has 4 heteroatoms. The highest BCUT2D eigenvalue weighted by molar-refractivity contribution is 5.96. The average molecular weight is 245 g/mol. The van der Waals surface area contributed by atoms with Crippen molar-refractivity contribution in [2.75, 3.05) is 0 Å². The van der Waals surface area contributed by atoms with E-state index in [1.54, 1.807) is 7.05 Å². The molecule has 2 aromatic rings. The predicted molar refractivity (Wildman–Crippen MR) is 70.2 cm³/mol. The lowest BCUT2D eigenvalue weighted by Crippen LogP contribution is -2.27. The predicted octanol–water partition coefficient (Wildman–Crippen LogP) is 2.36. The lowest BCUT2D eigenvalue weighted by Gasteiger charge is -2.15. The van der Waals surface area contributed by atoms with Crippen LogP contribution in [0.25, 0.3) is 10.9 Å². The van der Waals surface area contributed by atoms with Crippen LogP contribution < -0.4 is 5.56 Å². The molecule has 0 unspecified atom stereocenters. The second kappa shape index (κ2) is 4.29. The zero-order valence-corrected chi connectivity index (χ0v) is 10.6. The summed E-state index contributed by atoms with van der Waals surface area (Å²) in [7, 11) is 1.60. The largest absolute Gasteiger partial charge is 0.477 e. The van der Waals surface area contributed by atoms with Crippen molar-refractivity contribution in [1.29, 1.82) is 0 Å². The van der Waals surface area contributed by atoms with Gasteiger partial charge >= 0.3 is 5.97 Å². The Bertz CT molecular complexity index is 683. The van der Waals surface area contributed by atoms with E-state index in [0.29, 0.717) is 5.56 Å². The van der Waals surface area contributed by atoms with Crippen LogP contribution in [0, 0.1) is 0 Å². The van der Waals surface area contributed by atoms with Crippen molar-refractivity contribution >= 4 is 16.9 Å². The van der Waals surface area contributed by atoms with Crippen LogP contribution in [0.3, 0.4) is 0 Å². The van der Waals surface area contributed by atoms with Gasteiger partial charge in [-0.25, -0.2) is 4.79 Å². The molecule has 0 fully saturated rings. The van der Waals surface area contributed by atoms with Gasteiger partial charge in [0.25, 0.3) is 5.56 Å². The Labute approximate surface area is 104 Å². The van der Waals surface area contributed by atoms with Crippen LogP contribution in [0.1, 0.15) is 35.7 Å². The number of para-hydroxylation sites is 1. The molecule has 0 saturated carbocycles. The van der Waals surface area contributed by atoms with E-state index in [1.807, 2.05) is 38.1 Å². The molecule has 0 saturated heterocycles. The minimum absolute atomic E-state index is 0.0186. The van der Waals surface area contributed by atoms with Crippen molar-refractivity contribution < 1.29 is 9.90 Å². The Morgan fingerprint density at radius 3 is 2.44 bits per heavy atom. The third-order valence-electron chi connectivity index (χ3n) is 3.13. The number of aromatic carboxylic acids is 1. The molecule has 94 valence electrons. The molecule has 1 aromatic carbocycles. The quantitative estimate of drug-likeness (QED) is 0.883. The van der Waals surface area contributed by atoms with Crippen LogP contribution in [0.15, 0.2) is 29.1 Å². The summed E-state index contributed by atoms with van der Waals surface area (Å²) in [6, 6.07) is 7.38. The molecule has 0 bridgehead atoms. The van der Waals surface area contributed by atoms with Gasteiger partial charge < -0.3 is 9.67 Å². The van der Waals surface area contributed by atoms with E-state index >= 15 is 0 Å². The normalized spacial score (nSPS) is 11.1. The van der Waals surface area contributed by atoms with Crippen LogP contribution in [0.2, 0.25) is 0 Å². The fraction of sp³-hybridized carbons (Fsp3) is 0.286. The van der Waals surface area contributed by atoms with Crippen molar-refractivity contribution in [3.05, 3.63) is 45.7 Å². The molecule has 1 aromatic heterocycles. The number of pyridine rings is 1. The van der Waals surface area contributed by atoms with Gasteiger partial charge in [-0.1, -0.05) is 32.0 Å². The summed E-state index contributed by atoms with van der Waals surface area (Å²) in [5, 5.41) is 10.1. The van der Waals surface area contributed by atoms with Gasteiger partial charge in [-0.15, -0.1) is 0 Å². The van der Waals surface area contributed by atoms with E-state index in [2.05, 4.69) is 0 Å². The number of rotatable bonds is 2. The molecule has 0 aliphatic heterocycles. The van der Waals surface area contributed by atoms with Gasteiger partial charge in [0.1, 0.15) is 5.56 Å². The minimum atomic E-state index is -1.16. The maximum atomic E-state index is 12.1. The van der Waals surface area contributed by atoms with Crippen LogP contribution in [-0.2, 0) is 7.05 Å². The van der Waals surface area contributed by atoms with Crippen molar-refractivity contribution in [1.82, 2.24) is 4.57 Å². The summed E-state index contributed by atoms with van der Waals surface area (Å²) < 4.78 is 1.39. The topological polar surface area (TPSA) is 59.3 Å². The number of fused-ring (bicyclic) bond motifs is 1. The zero-order valence-electron chi connectivity index (χ0n) is 10.6. The monoisotopic (exact) mass is 245 g/mol. The highest BCUT2D eigenvalue weighted by Crippen LogP contribution is 2.26. The lowest BCUT2D eigenvalue weighted by atomic mass is 9.93. The molecular weight excluding hydrogens is 230 g/mol. The molecule has 0 atom stereocenters. The molecule has 1 heterocycles. The Hall–Kier alpha value is -2.10. The van der Waals surface area contributed by atoms with Crippen LogP contribution >= 0.6 is 0 Å². The molecule has 0 radical (unpaired) electrons. The number of aromatic nitrogens is 1. The lowest BCUT2D eigenvalue weighted by molar-refractivity contribution is 0.0693. The van der Waals surface area contributed by atoms with Gasteiger partial charge in [-0.2, -0.15) is 0 Å². The highest BCUT2D eigenvalue weighted by atomic mass is 16.4. The molecule has 0 aliphatic rings. The first-order valence-electron chi connectivity index (χ1n) is 5.80. The van der Waals surface area contributed by atoms with Crippen molar-refractivity contribution in [3.63, 3.8) is 0 Å². The van der Waals surface area contributed by atoms with Crippen LogP contribution in [-0.4, -0.2) is 15.6 Å². The molecule has 1 N–H and O–H groups in total. The maximum Gasteiger partial charge on any atom is 0.341 e. The highest BCUT2D eigenvalue weighted by Gasteiger charge is 2.22. The number of benzene rings is 1. The average Bonchev–Trinajstić information content (AvgIpc) is 2.32. The van der Waals surface area contributed by atoms with Crippen molar-refractivity contribution in [2.24, 2.45) is 7.05 Å². The number of carboxylic acids is 1. The van der Waals surface area contributed by atoms with Crippen molar-refractivity contribution in [2.45, 2.75) is 19.8 Å². The maximum absolute atomic E-state index is 12.1. The SMILES string of the molecule is CC(C)c1c(C(=O)O)c(=O)n(C)c2ccccc12. The Kier molecular flexibility index (Phi) is 2.95. The smallest absolute Gasteiger partial charge is 0.341 e. The van der Waals surface area contributed by atoms with Crippen LogP contribution in [0.4, 0.5) is 0 Å². The van der Waals surface area contributed by atoms with E-state index < -0.39 is 11.5 Å². The van der Waals surface area contributed by atoms with E-state index in [9.17, 15) is 14.7 Å². The molecule has 0 amide bonds. The first-order chi connectivity index (χ1) is 8.45. The third kappa shape index (κ3) is 1.70. The zero-order chi connectivity index (χ0) is 13.4. The molecule has 0 spiro atoms. The number of hydrogen-bond donors (Lipinski definition) is 1. The summed E-state index contributed by atoms with van der Waals surface area (Å²) in [5.74, 6) is -1.18. The molecule has 2 rings (SSSR count). The number of hydrogen-bond acceptors (Lipinski definition) is 2.